The van der Waals surface area contributed by atoms with Gasteiger partial charge in [-0.3, -0.25) is 4.99 Å². The number of hydrogen-bond acceptors (Lipinski definition) is 5. The number of halogens is 1. The van der Waals surface area contributed by atoms with Crippen LogP contribution >= 0.6 is 24.0 Å². The Kier molecular flexibility index (Phi) is 7.85. The topological polar surface area (TPSA) is 62.2 Å². The summed E-state index contributed by atoms with van der Waals surface area (Å²) in [6, 6.07) is 12.3. The van der Waals surface area contributed by atoms with E-state index in [9.17, 15) is 0 Å². The summed E-state index contributed by atoms with van der Waals surface area (Å²) in [6.07, 6.45) is 1.85. The van der Waals surface area contributed by atoms with Crippen molar-refractivity contribution in [2.75, 3.05) is 57.9 Å². The van der Waals surface area contributed by atoms with Gasteiger partial charge < -0.3 is 24.6 Å². The number of guanidine groups is 1. The number of benzene rings is 1. The number of nitrogens with zero attached hydrogens (tertiary/aromatic N) is 4. The van der Waals surface area contributed by atoms with Gasteiger partial charge in [0.15, 0.2) is 17.5 Å². The lowest BCUT2D eigenvalue weighted by Crippen LogP contribution is -2.54. The molecule has 0 aliphatic carbocycles. The monoisotopic (exact) mass is 537 g/mol. The van der Waals surface area contributed by atoms with E-state index in [4.69, 9.17) is 9.47 Å². The zero-order valence-corrected chi connectivity index (χ0v) is 20.8. The normalized spacial score (nSPS) is 16.5. The Hall–Kier alpha value is -2.23. The van der Waals surface area contributed by atoms with Gasteiger partial charge in [0, 0.05) is 51.4 Å². The molecule has 1 aromatic heterocycles. The zero-order chi connectivity index (χ0) is 21.0. The highest BCUT2D eigenvalue weighted by Crippen LogP contribution is 2.35. The fraction of sp³-hybridized carbons (Fsp3) is 0.478. The number of ether oxygens (including phenoxy) is 2. The minimum atomic E-state index is -0.0818. The predicted octanol–water partition coefficient (Wildman–Crippen LogP) is 3.15. The number of nitrogens with one attached hydrogen (secondary N) is 1. The van der Waals surface area contributed by atoms with E-state index >= 15 is 0 Å². The highest BCUT2D eigenvalue weighted by Gasteiger charge is 2.26. The summed E-state index contributed by atoms with van der Waals surface area (Å²) >= 11 is 0. The van der Waals surface area contributed by atoms with Crippen LogP contribution in [0.15, 0.2) is 47.6 Å². The van der Waals surface area contributed by atoms with Crippen molar-refractivity contribution < 1.29 is 9.47 Å². The molecule has 1 saturated heterocycles. The number of pyridine rings is 1. The van der Waals surface area contributed by atoms with E-state index in [1.165, 1.54) is 5.56 Å². The highest BCUT2D eigenvalue weighted by molar-refractivity contribution is 14.0. The van der Waals surface area contributed by atoms with Crippen LogP contribution in [0.5, 0.6) is 11.5 Å². The van der Waals surface area contributed by atoms with Crippen LogP contribution in [-0.2, 0) is 5.41 Å². The molecule has 2 aliphatic rings. The molecule has 8 heteroatoms. The van der Waals surface area contributed by atoms with E-state index in [-0.39, 0.29) is 29.4 Å². The van der Waals surface area contributed by atoms with Gasteiger partial charge in [-0.05, 0) is 29.8 Å². The smallest absolute Gasteiger partial charge is 0.193 e. The van der Waals surface area contributed by atoms with E-state index in [1.807, 2.05) is 31.4 Å². The van der Waals surface area contributed by atoms with E-state index in [0.717, 1.165) is 56.0 Å². The molecule has 0 radical (unpaired) electrons. The Morgan fingerprint density at radius 3 is 2.48 bits per heavy atom. The largest absolute Gasteiger partial charge is 0.486 e. The average molecular weight is 537 g/mol. The number of hydrogen-bond donors (Lipinski definition) is 1. The summed E-state index contributed by atoms with van der Waals surface area (Å²) < 4.78 is 11.4. The molecule has 7 nitrogen and oxygen atoms in total. The second-order valence-corrected chi connectivity index (χ2v) is 8.31. The molecule has 1 fully saturated rings. The molecule has 0 saturated carbocycles. The summed E-state index contributed by atoms with van der Waals surface area (Å²) in [6.45, 7) is 10.2. The molecule has 0 amide bonds. The molecule has 3 heterocycles. The van der Waals surface area contributed by atoms with E-state index < -0.39 is 0 Å². The van der Waals surface area contributed by atoms with Crippen LogP contribution in [0.3, 0.4) is 0 Å². The van der Waals surface area contributed by atoms with Crippen molar-refractivity contribution in [3.8, 4) is 11.5 Å². The van der Waals surface area contributed by atoms with Gasteiger partial charge in [-0.1, -0.05) is 26.0 Å². The van der Waals surface area contributed by atoms with E-state index in [2.05, 4.69) is 57.1 Å². The number of anilines is 1. The summed E-state index contributed by atoms with van der Waals surface area (Å²) in [5.41, 5.74) is 1.14. The molecule has 0 atom stereocenters. The maximum absolute atomic E-state index is 5.76. The number of aliphatic imine (C=N–C) groups is 1. The Balaban J connectivity index is 0.00000272. The van der Waals surface area contributed by atoms with Gasteiger partial charge in [-0.2, -0.15) is 0 Å². The number of piperazine rings is 1. The lowest BCUT2D eigenvalue weighted by molar-refractivity contribution is 0.171. The van der Waals surface area contributed by atoms with Crippen LogP contribution < -0.4 is 19.7 Å². The Labute approximate surface area is 201 Å². The summed E-state index contributed by atoms with van der Waals surface area (Å²) in [5, 5.41) is 3.58. The van der Waals surface area contributed by atoms with Crippen LogP contribution in [0.4, 0.5) is 5.82 Å². The Bertz CT molecular complexity index is 883. The van der Waals surface area contributed by atoms with Crippen LogP contribution in [0.1, 0.15) is 19.4 Å². The average Bonchev–Trinajstić information content (AvgIpc) is 2.80. The van der Waals surface area contributed by atoms with Crippen molar-refractivity contribution in [2.45, 2.75) is 19.3 Å². The number of rotatable bonds is 4. The first kappa shape index (κ1) is 23.4. The van der Waals surface area contributed by atoms with Crippen molar-refractivity contribution >= 4 is 35.8 Å². The third-order valence-corrected chi connectivity index (χ3v) is 5.78. The summed E-state index contributed by atoms with van der Waals surface area (Å²) in [4.78, 5) is 13.6. The van der Waals surface area contributed by atoms with Crippen LogP contribution in [0.2, 0.25) is 0 Å². The molecule has 2 aliphatic heterocycles. The van der Waals surface area contributed by atoms with Gasteiger partial charge in [0.2, 0.25) is 0 Å². The summed E-state index contributed by atoms with van der Waals surface area (Å²) in [5.74, 6) is 3.65. The summed E-state index contributed by atoms with van der Waals surface area (Å²) in [7, 11) is 1.85. The van der Waals surface area contributed by atoms with Crippen molar-refractivity contribution in [3.63, 3.8) is 0 Å². The SMILES string of the molecule is CN=C(NCC(C)(C)c1ccc2c(c1)OCCO2)N1CCN(c2ccccn2)CC1.I. The minimum absolute atomic E-state index is 0. The van der Waals surface area contributed by atoms with Crippen LogP contribution in [0, 0.1) is 0 Å². The highest BCUT2D eigenvalue weighted by atomic mass is 127. The molecule has 31 heavy (non-hydrogen) atoms. The Morgan fingerprint density at radius 2 is 1.81 bits per heavy atom. The number of aromatic nitrogens is 1. The zero-order valence-electron chi connectivity index (χ0n) is 18.5. The first-order valence-corrected chi connectivity index (χ1v) is 10.6. The first-order chi connectivity index (χ1) is 14.6. The van der Waals surface area contributed by atoms with Gasteiger partial charge in [-0.25, -0.2) is 4.98 Å². The van der Waals surface area contributed by atoms with E-state index in [0.29, 0.717) is 13.2 Å². The van der Waals surface area contributed by atoms with Crippen molar-refractivity contribution in [3.05, 3.63) is 48.2 Å². The standard InChI is InChI=1S/C23H31N5O2.HI/c1-23(2,18-7-8-19-20(16-18)30-15-14-29-19)17-26-22(24-3)28-12-10-27(11-13-28)21-6-4-5-9-25-21;/h4-9,16H,10-15,17H2,1-3H3,(H,24,26);1H. The fourth-order valence-electron chi connectivity index (χ4n) is 3.89. The third-order valence-electron chi connectivity index (χ3n) is 5.78. The van der Waals surface area contributed by atoms with Gasteiger partial charge in [0.05, 0.1) is 0 Å². The van der Waals surface area contributed by atoms with Gasteiger partial charge in [-0.15, -0.1) is 24.0 Å². The van der Waals surface area contributed by atoms with Crippen LogP contribution in [-0.4, -0.2) is 68.8 Å². The molecular weight excluding hydrogens is 505 g/mol. The van der Waals surface area contributed by atoms with Crippen molar-refractivity contribution in [2.24, 2.45) is 4.99 Å². The van der Waals surface area contributed by atoms with Crippen molar-refractivity contribution in [1.82, 2.24) is 15.2 Å². The molecule has 4 rings (SSSR count). The molecule has 1 N–H and O–H groups in total. The Morgan fingerprint density at radius 1 is 1.06 bits per heavy atom. The predicted molar refractivity (Wildman–Crippen MR) is 135 cm³/mol. The number of fused-ring (bicyclic) bond motifs is 1. The minimum Gasteiger partial charge on any atom is -0.486 e. The molecular formula is C23H32IN5O2. The molecule has 168 valence electrons. The lowest BCUT2D eigenvalue weighted by atomic mass is 9.84. The molecule has 1 aromatic carbocycles. The maximum Gasteiger partial charge on any atom is 0.193 e. The molecule has 2 aromatic rings. The third kappa shape index (κ3) is 5.53. The lowest BCUT2D eigenvalue weighted by Gasteiger charge is -2.38. The van der Waals surface area contributed by atoms with Gasteiger partial charge in [0.25, 0.3) is 0 Å². The fourth-order valence-corrected chi connectivity index (χ4v) is 3.89. The van der Waals surface area contributed by atoms with Gasteiger partial charge in [0.1, 0.15) is 19.0 Å². The second kappa shape index (κ2) is 10.4. The first-order valence-electron chi connectivity index (χ1n) is 10.6. The molecule has 0 spiro atoms. The molecule has 0 bridgehead atoms. The maximum atomic E-state index is 5.76. The van der Waals surface area contributed by atoms with Crippen molar-refractivity contribution in [1.29, 1.82) is 0 Å². The van der Waals surface area contributed by atoms with E-state index in [1.54, 1.807) is 0 Å². The quantitative estimate of drug-likeness (QED) is 0.368. The van der Waals surface area contributed by atoms with Gasteiger partial charge >= 0.3 is 0 Å². The second-order valence-electron chi connectivity index (χ2n) is 8.31. The molecule has 0 unspecified atom stereocenters. The van der Waals surface area contributed by atoms with Crippen LogP contribution in [0.25, 0.3) is 0 Å².